The van der Waals surface area contributed by atoms with Crippen molar-refractivity contribution in [1.82, 2.24) is 4.90 Å². The van der Waals surface area contributed by atoms with Gasteiger partial charge in [-0.15, -0.1) is 0 Å². The topological polar surface area (TPSA) is 86.7 Å². The second kappa shape index (κ2) is 7.25. The fourth-order valence-corrected chi connectivity index (χ4v) is 3.53. The molecule has 0 heterocycles. The first-order valence-corrected chi connectivity index (χ1v) is 8.88. The van der Waals surface area contributed by atoms with Crippen LogP contribution in [0.4, 0.5) is 5.69 Å². The number of amides is 2. The summed E-state index contributed by atoms with van der Waals surface area (Å²) in [4.78, 5) is 37.2. The van der Waals surface area contributed by atoms with Crippen LogP contribution < -0.4 is 5.32 Å². The molecule has 0 aliphatic heterocycles. The van der Waals surface area contributed by atoms with Gasteiger partial charge in [0.2, 0.25) is 5.91 Å². The number of aliphatic carboxylic acids is 1. The second-order valence-electron chi connectivity index (χ2n) is 7.06. The molecule has 134 valence electrons. The van der Waals surface area contributed by atoms with Crippen molar-refractivity contribution in [3.8, 4) is 0 Å². The van der Waals surface area contributed by atoms with E-state index in [-0.39, 0.29) is 11.8 Å². The standard InChI is InChI=1S/C19H24N2O4/c1-21(14-5-3-2-4-6-14)18(23)12-7-9-13(10-8-12)20-17(22)15-11-16(15)19(24)25/h7-10,14-16H,2-6,11H2,1H3,(H,20,22)(H,24,25). The minimum atomic E-state index is -0.924. The molecule has 2 amide bonds. The van der Waals surface area contributed by atoms with Crippen LogP contribution in [-0.4, -0.2) is 40.9 Å². The molecule has 2 saturated carbocycles. The number of rotatable bonds is 5. The number of hydrogen-bond donors (Lipinski definition) is 2. The summed E-state index contributed by atoms with van der Waals surface area (Å²) in [7, 11) is 1.85. The van der Waals surface area contributed by atoms with Gasteiger partial charge in [0.1, 0.15) is 0 Å². The molecule has 0 bridgehead atoms. The Labute approximate surface area is 147 Å². The Balaban J connectivity index is 1.57. The molecule has 1 aromatic carbocycles. The Morgan fingerprint density at radius 2 is 1.68 bits per heavy atom. The number of carboxylic acid groups (broad SMARTS) is 1. The fraction of sp³-hybridized carbons (Fsp3) is 0.526. The molecule has 2 aliphatic rings. The first-order chi connectivity index (χ1) is 12.0. The summed E-state index contributed by atoms with van der Waals surface area (Å²) in [6.45, 7) is 0. The summed E-state index contributed by atoms with van der Waals surface area (Å²) in [6, 6.07) is 7.11. The van der Waals surface area contributed by atoms with E-state index in [9.17, 15) is 14.4 Å². The molecule has 1 aromatic rings. The Morgan fingerprint density at radius 3 is 2.24 bits per heavy atom. The van der Waals surface area contributed by atoms with Gasteiger partial charge in [0.15, 0.2) is 0 Å². The third-order valence-corrected chi connectivity index (χ3v) is 5.29. The Kier molecular flexibility index (Phi) is 5.06. The highest BCUT2D eigenvalue weighted by Crippen LogP contribution is 2.39. The van der Waals surface area contributed by atoms with Gasteiger partial charge in [-0.3, -0.25) is 14.4 Å². The van der Waals surface area contributed by atoms with Crippen LogP contribution in [0, 0.1) is 11.8 Å². The van der Waals surface area contributed by atoms with E-state index in [1.165, 1.54) is 19.3 Å². The maximum Gasteiger partial charge on any atom is 0.307 e. The molecule has 2 unspecified atom stereocenters. The normalized spacial score (nSPS) is 22.9. The van der Waals surface area contributed by atoms with Gasteiger partial charge >= 0.3 is 5.97 Å². The Morgan fingerprint density at radius 1 is 1.04 bits per heavy atom. The van der Waals surface area contributed by atoms with Crippen LogP contribution in [0.25, 0.3) is 0 Å². The van der Waals surface area contributed by atoms with Crippen LogP contribution in [0.1, 0.15) is 48.9 Å². The van der Waals surface area contributed by atoms with Crippen molar-refractivity contribution in [3.05, 3.63) is 29.8 Å². The molecule has 0 radical (unpaired) electrons. The molecule has 25 heavy (non-hydrogen) atoms. The van der Waals surface area contributed by atoms with Crippen molar-refractivity contribution in [3.63, 3.8) is 0 Å². The Bertz CT molecular complexity index is 665. The van der Waals surface area contributed by atoms with Gasteiger partial charge < -0.3 is 15.3 Å². The third-order valence-electron chi connectivity index (χ3n) is 5.29. The van der Waals surface area contributed by atoms with E-state index in [4.69, 9.17) is 5.11 Å². The lowest BCUT2D eigenvalue weighted by Crippen LogP contribution is -2.38. The molecule has 2 atom stereocenters. The minimum absolute atomic E-state index is 0.00193. The monoisotopic (exact) mass is 344 g/mol. The first-order valence-electron chi connectivity index (χ1n) is 8.88. The summed E-state index contributed by atoms with van der Waals surface area (Å²) < 4.78 is 0. The van der Waals surface area contributed by atoms with Crippen molar-refractivity contribution in [1.29, 1.82) is 0 Å². The van der Waals surface area contributed by atoms with Gasteiger partial charge in [0.25, 0.3) is 5.91 Å². The zero-order valence-corrected chi connectivity index (χ0v) is 14.4. The smallest absolute Gasteiger partial charge is 0.307 e. The van der Waals surface area contributed by atoms with E-state index in [1.807, 2.05) is 11.9 Å². The lowest BCUT2D eigenvalue weighted by atomic mass is 9.94. The van der Waals surface area contributed by atoms with Crippen molar-refractivity contribution in [2.75, 3.05) is 12.4 Å². The number of hydrogen-bond acceptors (Lipinski definition) is 3. The highest BCUT2D eigenvalue weighted by molar-refractivity contribution is 5.99. The molecule has 6 nitrogen and oxygen atoms in total. The van der Waals surface area contributed by atoms with E-state index in [1.54, 1.807) is 24.3 Å². The predicted molar refractivity (Wildman–Crippen MR) is 93.3 cm³/mol. The third kappa shape index (κ3) is 4.00. The van der Waals surface area contributed by atoms with Gasteiger partial charge in [-0.1, -0.05) is 19.3 Å². The molecule has 0 aromatic heterocycles. The number of carbonyl (C=O) groups excluding carboxylic acids is 2. The van der Waals surface area contributed by atoms with E-state index >= 15 is 0 Å². The van der Waals surface area contributed by atoms with Crippen molar-refractivity contribution in [2.45, 2.75) is 44.6 Å². The lowest BCUT2D eigenvalue weighted by molar-refractivity contribution is -0.139. The minimum Gasteiger partial charge on any atom is -0.481 e. The SMILES string of the molecule is CN(C(=O)c1ccc(NC(=O)C2CC2C(=O)O)cc1)C1CCCCC1. The number of carbonyl (C=O) groups is 3. The zero-order valence-electron chi connectivity index (χ0n) is 14.4. The van der Waals surface area contributed by atoms with Crippen molar-refractivity contribution >= 4 is 23.5 Å². The molecule has 0 saturated heterocycles. The number of anilines is 1. The number of benzene rings is 1. The average Bonchev–Trinajstić information content (AvgIpc) is 3.43. The van der Waals surface area contributed by atoms with Crippen LogP contribution in [0.3, 0.4) is 0 Å². The quantitative estimate of drug-likeness (QED) is 0.860. The van der Waals surface area contributed by atoms with Gasteiger partial charge in [0.05, 0.1) is 11.8 Å². The molecular weight excluding hydrogens is 320 g/mol. The average molecular weight is 344 g/mol. The van der Waals surface area contributed by atoms with Crippen molar-refractivity contribution in [2.24, 2.45) is 11.8 Å². The molecule has 0 spiro atoms. The molecule has 3 rings (SSSR count). The fourth-order valence-electron chi connectivity index (χ4n) is 3.53. The summed E-state index contributed by atoms with van der Waals surface area (Å²) >= 11 is 0. The summed E-state index contributed by atoms with van der Waals surface area (Å²) in [5.74, 6) is -2.21. The largest absolute Gasteiger partial charge is 0.481 e. The van der Waals surface area contributed by atoms with Crippen LogP contribution >= 0.6 is 0 Å². The maximum absolute atomic E-state index is 12.6. The van der Waals surface area contributed by atoms with Gasteiger partial charge in [-0.2, -0.15) is 0 Å². The van der Waals surface area contributed by atoms with Crippen LogP contribution in [-0.2, 0) is 9.59 Å². The molecular formula is C19H24N2O4. The van der Waals surface area contributed by atoms with E-state index in [2.05, 4.69) is 5.32 Å². The predicted octanol–water partition coefficient (Wildman–Crippen LogP) is 2.75. The number of nitrogens with one attached hydrogen (secondary N) is 1. The highest BCUT2D eigenvalue weighted by atomic mass is 16.4. The molecule has 2 fully saturated rings. The second-order valence-corrected chi connectivity index (χ2v) is 7.06. The maximum atomic E-state index is 12.6. The van der Waals surface area contributed by atoms with E-state index < -0.39 is 17.8 Å². The number of nitrogens with zero attached hydrogens (tertiary/aromatic N) is 1. The van der Waals surface area contributed by atoms with E-state index in [0.717, 1.165) is 12.8 Å². The summed E-state index contributed by atoms with van der Waals surface area (Å²) in [5, 5.41) is 11.6. The van der Waals surface area contributed by atoms with Crippen LogP contribution in [0.2, 0.25) is 0 Å². The summed E-state index contributed by atoms with van der Waals surface area (Å²) in [5.41, 5.74) is 1.18. The highest BCUT2D eigenvalue weighted by Gasteiger charge is 2.48. The Hall–Kier alpha value is -2.37. The van der Waals surface area contributed by atoms with Gasteiger partial charge in [0, 0.05) is 24.3 Å². The lowest BCUT2D eigenvalue weighted by Gasteiger charge is -2.31. The van der Waals surface area contributed by atoms with Gasteiger partial charge in [-0.25, -0.2) is 0 Å². The van der Waals surface area contributed by atoms with Gasteiger partial charge in [-0.05, 0) is 43.5 Å². The van der Waals surface area contributed by atoms with Crippen LogP contribution in [0.5, 0.6) is 0 Å². The molecule has 6 heteroatoms. The van der Waals surface area contributed by atoms with Crippen LogP contribution in [0.15, 0.2) is 24.3 Å². The summed E-state index contributed by atoms with van der Waals surface area (Å²) in [6.07, 6.45) is 6.10. The molecule has 2 N–H and O–H groups in total. The number of carboxylic acids is 1. The zero-order chi connectivity index (χ0) is 18.0. The first kappa shape index (κ1) is 17.5. The molecule has 2 aliphatic carbocycles. The van der Waals surface area contributed by atoms with Crippen molar-refractivity contribution < 1.29 is 19.5 Å². The van der Waals surface area contributed by atoms with E-state index in [0.29, 0.717) is 23.7 Å².